The van der Waals surface area contributed by atoms with E-state index in [0.717, 1.165) is 11.3 Å². The third-order valence-corrected chi connectivity index (χ3v) is 1.91. The van der Waals surface area contributed by atoms with E-state index in [4.69, 9.17) is 10.8 Å². The molecule has 1 heterocycles. The Hall–Kier alpha value is -1.29. The summed E-state index contributed by atoms with van der Waals surface area (Å²) in [6.07, 6.45) is 1.76. The Balaban J connectivity index is 3.08. The first-order chi connectivity index (χ1) is 5.54. The Morgan fingerprint density at radius 3 is 2.58 bits per heavy atom. The molecule has 0 fully saturated rings. The molecule has 4 nitrogen and oxygen atoms in total. The second kappa shape index (κ2) is 2.98. The molecule has 0 radical (unpaired) electrons. The zero-order chi connectivity index (χ0) is 9.30. The topological polar surface area (TPSA) is 79.1 Å². The highest BCUT2D eigenvalue weighted by atomic mass is 16.4. The van der Waals surface area contributed by atoms with Crippen molar-refractivity contribution in [3.05, 3.63) is 23.0 Å². The van der Waals surface area contributed by atoms with Crippen LogP contribution in [-0.4, -0.2) is 16.1 Å². The molecule has 0 saturated carbocycles. The summed E-state index contributed by atoms with van der Waals surface area (Å²) in [7, 11) is 0. The maximum Gasteiger partial charge on any atom is 0.325 e. The quantitative estimate of drug-likeness (QED) is 0.608. The van der Waals surface area contributed by atoms with E-state index in [9.17, 15) is 4.79 Å². The van der Waals surface area contributed by atoms with Crippen molar-refractivity contribution in [2.75, 3.05) is 0 Å². The summed E-state index contributed by atoms with van der Waals surface area (Å²) in [5.41, 5.74) is 7.86. The van der Waals surface area contributed by atoms with Crippen molar-refractivity contribution in [2.24, 2.45) is 5.73 Å². The highest BCUT2D eigenvalue weighted by molar-refractivity contribution is 5.76. The van der Waals surface area contributed by atoms with Gasteiger partial charge < -0.3 is 15.8 Å². The van der Waals surface area contributed by atoms with Crippen LogP contribution in [0.2, 0.25) is 0 Å². The van der Waals surface area contributed by atoms with Gasteiger partial charge in [0.1, 0.15) is 6.04 Å². The molecular formula is C8H12N2O2. The molecule has 0 amide bonds. The Labute approximate surface area is 70.4 Å². The normalized spacial score (nSPS) is 12.9. The molecule has 12 heavy (non-hydrogen) atoms. The van der Waals surface area contributed by atoms with Crippen LogP contribution in [0.25, 0.3) is 0 Å². The average molecular weight is 168 g/mol. The Morgan fingerprint density at radius 2 is 2.25 bits per heavy atom. The summed E-state index contributed by atoms with van der Waals surface area (Å²) < 4.78 is 0. The lowest BCUT2D eigenvalue weighted by Gasteiger charge is -2.06. The molecule has 0 aliphatic carbocycles. The van der Waals surface area contributed by atoms with E-state index >= 15 is 0 Å². The maximum absolute atomic E-state index is 10.6. The lowest BCUT2D eigenvalue weighted by molar-refractivity contribution is -0.138. The molecule has 0 spiro atoms. The SMILES string of the molecule is Cc1c[nH]c(C)c1C(N)C(=O)O. The minimum Gasteiger partial charge on any atom is -0.480 e. The summed E-state index contributed by atoms with van der Waals surface area (Å²) in [6.45, 7) is 3.65. The number of aromatic nitrogens is 1. The van der Waals surface area contributed by atoms with E-state index in [2.05, 4.69) is 4.98 Å². The highest BCUT2D eigenvalue weighted by Gasteiger charge is 2.19. The van der Waals surface area contributed by atoms with Crippen molar-refractivity contribution < 1.29 is 9.90 Å². The molecule has 1 aromatic heterocycles. The second-order valence-corrected chi connectivity index (χ2v) is 2.83. The Kier molecular flexibility index (Phi) is 2.19. The summed E-state index contributed by atoms with van der Waals surface area (Å²) in [4.78, 5) is 13.5. The van der Waals surface area contributed by atoms with Gasteiger partial charge in [0.15, 0.2) is 0 Å². The van der Waals surface area contributed by atoms with Gasteiger partial charge in [0.2, 0.25) is 0 Å². The number of aromatic amines is 1. The van der Waals surface area contributed by atoms with Crippen LogP contribution in [0.5, 0.6) is 0 Å². The highest BCUT2D eigenvalue weighted by Crippen LogP contribution is 2.19. The number of aryl methyl sites for hydroxylation is 2. The van der Waals surface area contributed by atoms with Gasteiger partial charge in [0.25, 0.3) is 0 Å². The van der Waals surface area contributed by atoms with Crippen molar-refractivity contribution >= 4 is 5.97 Å². The average Bonchev–Trinajstić information content (AvgIpc) is 2.30. The van der Waals surface area contributed by atoms with Crippen LogP contribution >= 0.6 is 0 Å². The van der Waals surface area contributed by atoms with Crippen LogP contribution in [0.15, 0.2) is 6.20 Å². The molecule has 1 atom stereocenters. The van der Waals surface area contributed by atoms with E-state index in [1.54, 1.807) is 6.20 Å². The predicted molar refractivity (Wildman–Crippen MR) is 44.8 cm³/mol. The molecule has 0 saturated heterocycles. The third-order valence-electron chi connectivity index (χ3n) is 1.91. The first-order valence-corrected chi connectivity index (χ1v) is 3.67. The summed E-state index contributed by atoms with van der Waals surface area (Å²) in [6, 6.07) is -0.920. The van der Waals surface area contributed by atoms with E-state index in [-0.39, 0.29) is 0 Å². The zero-order valence-corrected chi connectivity index (χ0v) is 7.09. The lowest BCUT2D eigenvalue weighted by atomic mass is 10.1. The summed E-state index contributed by atoms with van der Waals surface area (Å²) >= 11 is 0. The molecule has 1 aromatic rings. The number of carboxylic acids is 1. The van der Waals surface area contributed by atoms with Crippen molar-refractivity contribution in [1.29, 1.82) is 0 Å². The molecule has 0 aromatic carbocycles. The third kappa shape index (κ3) is 1.33. The van der Waals surface area contributed by atoms with Gasteiger partial charge in [-0.05, 0) is 19.4 Å². The Bertz CT molecular complexity index is 285. The monoisotopic (exact) mass is 168 g/mol. The van der Waals surface area contributed by atoms with Crippen LogP contribution in [-0.2, 0) is 4.79 Å². The van der Waals surface area contributed by atoms with Crippen molar-refractivity contribution in [3.63, 3.8) is 0 Å². The number of hydrogen-bond donors (Lipinski definition) is 3. The van der Waals surface area contributed by atoms with Crippen molar-refractivity contribution in [3.8, 4) is 0 Å². The smallest absolute Gasteiger partial charge is 0.325 e. The van der Waals surface area contributed by atoms with Crippen LogP contribution in [0.1, 0.15) is 22.9 Å². The number of rotatable bonds is 2. The molecule has 0 bridgehead atoms. The number of aliphatic carboxylic acids is 1. The van der Waals surface area contributed by atoms with Gasteiger partial charge in [-0.25, -0.2) is 0 Å². The minimum atomic E-state index is -0.999. The van der Waals surface area contributed by atoms with E-state index in [1.807, 2.05) is 13.8 Å². The number of nitrogens with two attached hydrogens (primary N) is 1. The predicted octanol–water partition coefficient (Wildman–Crippen LogP) is 0.716. The van der Waals surface area contributed by atoms with Crippen LogP contribution in [0, 0.1) is 13.8 Å². The standard InChI is InChI=1S/C8H12N2O2/c1-4-3-10-5(2)6(4)7(9)8(11)12/h3,7,10H,9H2,1-2H3,(H,11,12). The van der Waals surface area contributed by atoms with Gasteiger partial charge in [0, 0.05) is 17.5 Å². The fraction of sp³-hybridized carbons (Fsp3) is 0.375. The van der Waals surface area contributed by atoms with Crippen LogP contribution < -0.4 is 5.73 Å². The number of nitrogens with one attached hydrogen (secondary N) is 1. The molecule has 0 aliphatic heterocycles. The van der Waals surface area contributed by atoms with Gasteiger partial charge in [-0.2, -0.15) is 0 Å². The fourth-order valence-corrected chi connectivity index (χ4v) is 1.27. The first-order valence-electron chi connectivity index (χ1n) is 3.67. The molecule has 0 aliphatic rings. The molecule has 66 valence electrons. The first kappa shape index (κ1) is 8.80. The second-order valence-electron chi connectivity index (χ2n) is 2.83. The van der Waals surface area contributed by atoms with Gasteiger partial charge in [0.05, 0.1) is 0 Å². The number of H-pyrrole nitrogens is 1. The van der Waals surface area contributed by atoms with Gasteiger partial charge >= 0.3 is 5.97 Å². The van der Waals surface area contributed by atoms with Gasteiger partial charge in [-0.3, -0.25) is 4.79 Å². The Morgan fingerprint density at radius 1 is 1.67 bits per heavy atom. The number of carboxylic acid groups (broad SMARTS) is 1. The van der Waals surface area contributed by atoms with Crippen molar-refractivity contribution in [2.45, 2.75) is 19.9 Å². The molecule has 1 rings (SSSR count). The fourth-order valence-electron chi connectivity index (χ4n) is 1.27. The zero-order valence-electron chi connectivity index (χ0n) is 7.09. The van der Waals surface area contributed by atoms with Crippen molar-refractivity contribution in [1.82, 2.24) is 4.98 Å². The molecule has 1 unspecified atom stereocenters. The van der Waals surface area contributed by atoms with Gasteiger partial charge in [-0.15, -0.1) is 0 Å². The summed E-state index contributed by atoms with van der Waals surface area (Å²) in [5, 5.41) is 8.66. The van der Waals surface area contributed by atoms with E-state index < -0.39 is 12.0 Å². The number of carbonyl (C=O) groups is 1. The van der Waals surface area contributed by atoms with E-state index in [1.165, 1.54) is 0 Å². The number of hydrogen-bond acceptors (Lipinski definition) is 2. The largest absolute Gasteiger partial charge is 0.480 e. The van der Waals surface area contributed by atoms with Gasteiger partial charge in [-0.1, -0.05) is 0 Å². The minimum absolute atomic E-state index is 0.683. The van der Waals surface area contributed by atoms with E-state index in [0.29, 0.717) is 5.56 Å². The molecule has 4 N–H and O–H groups in total. The lowest BCUT2D eigenvalue weighted by Crippen LogP contribution is -2.21. The summed E-state index contributed by atoms with van der Waals surface area (Å²) in [5.74, 6) is -0.999. The van der Waals surface area contributed by atoms with Crippen LogP contribution in [0.3, 0.4) is 0 Å². The van der Waals surface area contributed by atoms with Crippen LogP contribution in [0.4, 0.5) is 0 Å². The molecular weight excluding hydrogens is 156 g/mol. The molecule has 4 heteroatoms. The maximum atomic E-state index is 10.6.